The van der Waals surface area contributed by atoms with Gasteiger partial charge in [0.1, 0.15) is 5.84 Å². The Hall–Kier alpha value is -2.09. The zero-order valence-corrected chi connectivity index (χ0v) is 11.2. The van der Waals surface area contributed by atoms with Gasteiger partial charge in [-0.15, -0.1) is 13.2 Å². The van der Waals surface area contributed by atoms with Gasteiger partial charge in [-0.05, 0) is 30.1 Å². The van der Waals surface area contributed by atoms with Crippen molar-refractivity contribution < 1.29 is 0 Å². The quantitative estimate of drug-likeness (QED) is 0.797. The second-order valence-electron chi connectivity index (χ2n) is 4.96. The van der Waals surface area contributed by atoms with E-state index in [0.717, 1.165) is 30.4 Å². The minimum absolute atomic E-state index is 0.172. The molecule has 19 heavy (non-hydrogen) atoms. The van der Waals surface area contributed by atoms with Crippen molar-refractivity contribution in [3.63, 3.8) is 0 Å². The van der Waals surface area contributed by atoms with Crippen molar-refractivity contribution in [1.82, 2.24) is 0 Å². The van der Waals surface area contributed by atoms with Crippen LogP contribution in [-0.2, 0) is 0 Å². The fraction of sp³-hybridized carbons (Fsp3) is 0.235. The first-order valence-corrected chi connectivity index (χ1v) is 6.52. The second kappa shape index (κ2) is 5.70. The van der Waals surface area contributed by atoms with E-state index in [0.29, 0.717) is 5.84 Å². The largest absolute Gasteiger partial charge is 0.384 e. The number of hydrogen-bond acceptors (Lipinski definition) is 2. The van der Waals surface area contributed by atoms with Gasteiger partial charge in [0.2, 0.25) is 0 Å². The lowest BCUT2D eigenvalue weighted by Crippen LogP contribution is -2.21. The van der Waals surface area contributed by atoms with Crippen molar-refractivity contribution in [2.45, 2.75) is 24.8 Å². The van der Waals surface area contributed by atoms with Gasteiger partial charge >= 0.3 is 0 Å². The molecule has 98 valence electrons. The molecule has 2 N–H and O–H groups in total. The van der Waals surface area contributed by atoms with Crippen LogP contribution in [0.3, 0.4) is 0 Å². The molecular formula is C17H20N2. The Balaban J connectivity index is 2.28. The molecule has 1 aromatic rings. The Morgan fingerprint density at radius 2 is 1.79 bits per heavy atom. The Morgan fingerprint density at radius 1 is 1.16 bits per heavy atom. The molecule has 0 amide bonds. The van der Waals surface area contributed by atoms with Crippen molar-refractivity contribution in [1.29, 1.82) is 0 Å². The highest BCUT2D eigenvalue weighted by Crippen LogP contribution is 2.36. The summed E-state index contributed by atoms with van der Waals surface area (Å²) in [6.45, 7) is 7.64. The SMILES string of the molecule is C=CCC1(CC=C)C/C(=C/c2ccccc2)C(N)=N1. The Morgan fingerprint density at radius 3 is 2.37 bits per heavy atom. The van der Waals surface area contributed by atoms with Crippen LogP contribution in [0, 0.1) is 0 Å². The fourth-order valence-electron chi connectivity index (χ4n) is 2.54. The Labute approximate surface area is 115 Å². The number of hydrogen-bond donors (Lipinski definition) is 1. The summed E-state index contributed by atoms with van der Waals surface area (Å²) in [5.74, 6) is 0.646. The topological polar surface area (TPSA) is 38.4 Å². The number of nitrogens with zero attached hydrogens (tertiary/aromatic N) is 1. The third-order valence-corrected chi connectivity index (χ3v) is 3.40. The summed E-state index contributed by atoms with van der Waals surface area (Å²) in [4.78, 5) is 4.66. The molecule has 0 aromatic heterocycles. The molecule has 1 heterocycles. The number of benzene rings is 1. The molecule has 1 aliphatic rings. The molecule has 0 saturated heterocycles. The number of aliphatic imine (C=N–C) groups is 1. The molecule has 1 aromatic carbocycles. The van der Waals surface area contributed by atoms with Crippen LogP contribution in [0.15, 0.2) is 66.2 Å². The van der Waals surface area contributed by atoms with Crippen molar-refractivity contribution in [2.75, 3.05) is 0 Å². The molecule has 2 nitrogen and oxygen atoms in total. The molecule has 0 unspecified atom stereocenters. The standard InChI is InChI=1S/C17H20N2/c1-3-10-17(11-4-2)13-15(16(18)19-17)12-14-8-6-5-7-9-14/h3-9,12H,1-2,10-11,13H2,(H2,18,19)/b15-12-. The van der Waals surface area contributed by atoms with E-state index in [2.05, 4.69) is 36.4 Å². The van der Waals surface area contributed by atoms with Crippen molar-refractivity contribution in [2.24, 2.45) is 10.7 Å². The van der Waals surface area contributed by atoms with Gasteiger partial charge in [0.15, 0.2) is 0 Å². The third-order valence-electron chi connectivity index (χ3n) is 3.40. The van der Waals surface area contributed by atoms with Gasteiger partial charge in [-0.3, -0.25) is 4.99 Å². The molecule has 0 fully saturated rings. The van der Waals surface area contributed by atoms with E-state index >= 15 is 0 Å². The van der Waals surface area contributed by atoms with Crippen LogP contribution >= 0.6 is 0 Å². The van der Waals surface area contributed by atoms with Gasteiger partial charge < -0.3 is 5.73 Å². The first-order chi connectivity index (χ1) is 9.19. The highest BCUT2D eigenvalue weighted by molar-refractivity contribution is 6.03. The smallest absolute Gasteiger partial charge is 0.122 e. The van der Waals surface area contributed by atoms with Gasteiger partial charge in [0.25, 0.3) is 0 Å². The molecule has 0 aliphatic carbocycles. The zero-order valence-electron chi connectivity index (χ0n) is 11.2. The maximum Gasteiger partial charge on any atom is 0.122 e. The Bertz CT molecular complexity index is 513. The molecule has 0 spiro atoms. The summed E-state index contributed by atoms with van der Waals surface area (Å²) in [7, 11) is 0. The highest BCUT2D eigenvalue weighted by Gasteiger charge is 2.34. The summed E-state index contributed by atoms with van der Waals surface area (Å²) in [6, 6.07) is 10.2. The van der Waals surface area contributed by atoms with Crippen LogP contribution < -0.4 is 5.73 Å². The minimum Gasteiger partial charge on any atom is -0.384 e. The monoisotopic (exact) mass is 252 g/mol. The van der Waals surface area contributed by atoms with Gasteiger partial charge in [0.05, 0.1) is 5.54 Å². The molecule has 0 radical (unpaired) electrons. The average molecular weight is 252 g/mol. The van der Waals surface area contributed by atoms with E-state index in [1.54, 1.807) is 0 Å². The summed E-state index contributed by atoms with van der Waals surface area (Å²) >= 11 is 0. The second-order valence-corrected chi connectivity index (χ2v) is 4.96. The highest BCUT2D eigenvalue weighted by atomic mass is 15.0. The third kappa shape index (κ3) is 3.02. The van der Waals surface area contributed by atoms with E-state index in [9.17, 15) is 0 Å². The first kappa shape index (κ1) is 13.3. The molecule has 0 bridgehead atoms. The lowest BCUT2D eigenvalue weighted by molar-refractivity contribution is 0.457. The van der Waals surface area contributed by atoms with E-state index < -0.39 is 0 Å². The summed E-state index contributed by atoms with van der Waals surface area (Å²) < 4.78 is 0. The zero-order chi connectivity index (χ0) is 13.7. The maximum absolute atomic E-state index is 6.08. The van der Waals surface area contributed by atoms with Crippen LogP contribution in [0.5, 0.6) is 0 Å². The van der Waals surface area contributed by atoms with Gasteiger partial charge in [-0.1, -0.05) is 42.5 Å². The summed E-state index contributed by atoms with van der Waals surface area (Å²) in [5.41, 5.74) is 8.17. The van der Waals surface area contributed by atoms with E-state index in [-0.39, 0.29) is 5.54 Å². The lowest BCUT2D eigenvalue weighted by Gasteiger charge is -2.22. The summed E-state index contributed by atoms with van der Waals surface area (Å²) in [6.07, 6.45) is 8.44. The average Bonchev–Trinajstić information content (AvgIpc) is 2.68. The van der Waals surface area contributed by atoms with Crippen LogP contribution in [0.25, 0.3) is 6.08 Å². The maximum atomic E-state index is 6.08. The van der Waals surface area contributed by atoms with Crippen LogP contribution in [0.2, 0.25) is 0 Å². The van der Waals surface area contributed by atoms with Crippen molar-refractivity contribution >= 4 is 11.9 Å². The van der Waals surface area contributed by atoms with E-state index in [4.69, 9.17) is 5.73 Å². The molecule has 1 aliphatic heterocycles. The number of rotatable bonds is 5. The first-order valence-electron chi connectivity index (χ1n) is 6.52. The van der Waals surface area contributed by atoms with Crippen molar-refractivity contribution in [3.05, 3.63) is 66.8 Å². The van der Waals surface area contributed by atoms with Crippen LogP contribution in [0.4, 0.5) is 0 Å². The number of amidine groups is 1. The predicted molar refractivity (Wildman–Crippen MR) is 83.0 cm³/mol. The van der Waals surface area contributed by atoms with Gasteiger partial charge in [0, 0.05) is 6.42 Å². The number of nitrogens with two attached hydrogens (primary N) is 1. The van der Waals surface area contributed by atoms with Crippen LogP contribution in [0.1, 0.15) is 24.8 Å². The normalized spacial score (nSPS) is 19.2. The molecule has 0 saturated carbocycles. The molecule has 0 atom stereocenters. The van der Waals surface area contributed by atoms with Gasteiger partial charge in [-0.25, -0.2) is 0 Å². The molecule has 2 rings (SSSR count). The van der Waals surface area contributed by atoms with Crippen molar-refractivity contribution in [3.8, 4) is 0 Å². The Kier molecular flexibility index (Phi) is 4.00. The van der Waals surface area contributed by atoms with E-state index in [1.165, 1.54) is 0 Å². The predicted octanol–water partition coefficient (Wildman–Crippen LogP) is 3.72. The van der Waals surface area contributed by atoms with E-state index in [1.807, 2.05) is 30.4 Å². The molecule has 2 heteroatoms. The molecular weight excluding hydrogens is 232 g/mol. The van der Waals surface area contributed by atoms with Crippen LogP contribution in [-0.4, -0.2) is 11.4 Å². The minimum atomic E-state index is -0.172. The lowest BCUT2D eigenvalue weighted by atomic mass is 9.87. The fourth-order valence-corrected chi connectivity index (χ4v) is 2.54. The summed E-state index contributed by atoms with van der Waals surface area (Å²) in [5, 5.41) is 0. The van der Waals surface area contributed by atoms with Gasteiger partial charge in [-0.2, -0.15) is 0 Å².